The van der Waals surface area contributed by atoms with Gasteiger partial charge in [-0.2, -0.15) is 0 Å². The number of rotatable bonds is 6. The summed E-state index contributed by atoms with van der Waals surface area (Å²) in [4.78, 5) is 8.56. The fourth-order valence-electron chi connectivity index (χ4n) is 2.51. The summed E-state index contributed by atoms with van der Waals surface area (Å²) in [5.74, 6) is 1.11. The second-order valence-corrected chi connectivity index (χ2v) is 4.99. The zero-order valence-electron chi connectivity index (χ0n) is 11.2. The Balaban J connectivity index is 0.000000557. The molecule has 102 valence electrons. The smallest absolute Gasteiger partial charge is 0.450 e. The fourth-order valence-corrected chi connectivity index (χ4v) is 2.51. The van der Waals surface area contributed by atoms with Gasteiger partial charge in [0.25, 0.3) is 0 Å². The summed E-state index contributed by atoms with van der Waals surface area (Å²) in [5.41, 5.74) is 0. The average Bonchev–Trinajstić information content (AvgIpc) is 2.29. The van der Waals surface area contributed by atoms with Crippen molar-refractivity contribution in [1.29, 1.82) is 0 Å². The van der Waals surface area contributed by atoms with Crippen molar-refractivity contribution in [3.05, 3.63) is 0 Å². The molecular weight excluding hydrogens is 216 g/mol. The van der Waals surface area contributed by atoms with Crippen LogP contribution in [0.25, 0.3) is 0 Å². The molecule has 0 amide bonds. The first-order valence-corrected chi connectivity index (χ1v) is 7.08. The molecule has 0 aliphatic heterocycles. The third-order valence-electron chi connectivity index (χ3n) is 3.44. The van der Waals surface area contributed by atoms with Crippen molar-refractivity contribution in [2.24, 2.45) is 5.92 Å². The number of carboxylic acid groups (broad SMARTS) is 2. The Morgan fingerprint density at radius 3 is 2.06 bits per heavy atom. The van der Waals surface area contributed by atoms with E-state index in [1.54, 1.807) is 0 Å². The zero-order chi connectivity index (χ0) is 12.9. The van der Waals surface area contributed by atoms with Gasteiger partial charge in [-0.3, -0.25) is 0 Å². The Kier molecular flexibility index (Phi) is 11.2. The first-order valence-electron chi connectivity index (χ1n) is 7.08. The van der Waals surface area contributed by atoms with Crippen molar-refractivity contribution in [3.8, 4) is 0 Å². The third kappa shape index (κ3) is 13.2. The van der Waals surface area contributed by atoms with Crippen LogP contribution < -0.4 is 0 Å². The molecule has 0 unspecified atom stereocenters. The van der Waals surface area contributed by atoms with Crippen molar-refractivity contribution in [1.82, 2.24) is 0 Å². The molecule has 1 saturated carbocycles. The molecule has 0 bridgehead atoms. The molecule has 1 fully saturated rings. The predicted octanol–water partition coefficient (Wildman–Crippen LogP) is 5.15. The number of hydrogen-bond acceptors (Lipinski definition) is 1. The lowest BCUT2D eigenvalue weighted by Gasteiger charge is -2.21. The van der Waals surface area contributed by atoms with Crippen LogP contribution in [-0.4, -0.2) is 16.4 Å². The highest BCUT2D eigenvalue weighted by atomic mass is 16.6. The molecular formula is C14H28O3. The van der Waals surface area contributed by atoms with Gasteiger partial charge in [-0.05, 0) is 5.92 Å². The summed E-state index contributed by atoms with van der Waals surface area (Å²) in [6, 6.07) is 0. The molecule has 0 aromatic rings. The Bertz CT molecular complexity index is 170. The van der Waals surface area contributed by atoms with Crippen LogP contribution in [0.1, 0.15) is 77.6 Å². The van der Waals surface area contributed by atoms with Gasteiger partial charge < -0.3 is 10.2 Å². The number of carbonyl (C=O) groups is 1. The van der Waals surface area contributed by atoms with Gasteiger partial charge in [0.1, 0.15) is 0 Å². The molecule has 0 atom stereocenters. The maximum atomic E-state index is 8.56. The molecule has 0 saturated heterocycles. The topological polar surface area (TPSA) is 57.5 Å². The SMILES string of the molecule is CCCCCCCC1CCCCC1.O=C(O)O. The van der Waals surface area contributed by atoms with Crippen LogP contribution in [0.5, 0.6) is 0 Å². The molecule has 0 heterocycles. The van der Waals surface area contributed by atoms with Gasteiger partial charge in [0, 0.05) is 0 Å². The lowest BCUT2D eigenvalue weighted by molar-refractivity contribution is 0.137. The molecule has 3 nitrogen and oxygen atoms in total. The van der Waals surface area contributed by atoms with Gasteiger partial charge in [-0.15, -0.1) is 0 Å². The van der Waals surface area contributed by atoms with Gasteiger partial charge in [-0.25, -0.2) is 4.79 Å². The van der Waals surface area contributed by atoms with Crippen LogP contribution in [0.15, 0.2) is 0 Å². The maximum absolute atomic E-state index is 8.56. The van der Waals surface area contributed by atoms with Crippen LogP contribution in [0, 0.1) is 5.92 Å². The van der Waals surface area contributed by atoms with Crippen molar-refractivity contribution >= 4 is 6.16 Å². The Hall–Kier alpha value is -0.730. The van der Waals surface area contributed by atoms with E-state index in [9.17, 15) is 0 Å². The van der Waals surface area contributed by atoms with Gasteiger partial charge in [0.05, 0.1) is 0 Å². The molecule has 1 aliphatic carbocycles. The maximum Gasteiger partial charge on any atom is 0.503 e. The molecule has 1 aliphatic rings. The summed E-state index contributed by atoms with van der Waals surface area (Å²) < 4.78 is 0. The number of hydrogen-bond donors (Lipinski definition) is 2. The van der Waals surface area contributed by atoms with E-state index in [1.807, 2.05) is 0 Å². The molecule has 0 aromatic carbocycles. The van der Waals surface area contributed by atoms with Crippen LogP contribution in [0.4, 0.5) is 4.79 Å². The Labute approximate surface area is 105 Å². The van der Waals surface area contributed by atoms with E-state index in [0.29, 0.717) is 0 Å². The van der Waals surface area contributed by atoms with Crippen molar-refractivity contribution in [3.63, 3.8) is 0 Å². The van der Waals surface area contributed by atoms with Crippen molar-refractivity contribution < 1.29 is 15.0 Å². The third-order valence-corrected chi connectivity index (χ3v) is 3.44. The van der Waals surface area contributed by atoms with Crippen LogP contribution in [0.2, 0.25) is 0 Å². The van der Waals surface area contributed by atoms with E-state index in [1.165, 1.54) is 70.6 Å². The van der Waals surface area contributed by atoms with Gasteiger partial charge >= 0.3 is 6.16 Å². The summed E-state index contributed by atoms with van der Waals surface area (Å²) in [6.45, 7) is 2.29. The van der Waals surface area contributed by atoms with E-state index >= 15 is 0 Å². The zero-order valence-corrected chi connectivity index (χ0v) is 11.2. The van der Waals surface area contributed by atoms with Gasteiger partial charge in [0.15, 0.2) is 0 Å². The second-order valence-electron chi connectivity index (χ2n) is 4.99. The van der Waals surface area contributed by atoms with Gasteiger partial charge in [0.2, 0.25) is 0 Å². The fraction of sp³-hybridized carbons (Fsp3) is 0.929. The Morgan fingerprint density at radius 1 is 1.00 bits per heavy atom. The van der Waals surface area contributed by atoms with Crippen LogP contribution in [-0.2, 0) is 0 Å². The van der Waals surface area contributed by atoms with Crippen LogP contribution in [0.3, 0.4) is 0 Å². The second kappa shape index (κ2) is 11.7. The predicted molar refractivity (Wildman–Crippen MR) is 70.6 cm³/mol. The molecule has 17 heavy (non-hydrogen) atoms. The van der Waals surface area contributed by atoms with Crippen molar-refractivity contribution in [2.75, 3.05) is 0 Å². The lowest BCUT2D eigenvalue weighted by Crippen LogP contribution is -2.05. The minimum absolute atomic E-state index is 1.11. The molecule has 3 heteroatoms. The first kappa shape index (κ1) is 16.3. The normalized spacial score (nSPS) is 16.1. The van der Waals surface area contributed by atoms with E-state index in [0.717, 1.165) is 5.92 Å². The highest BCUT2D eigenvalue weighted by molar-refractivity contribution is 5.53. The quantitative estimate of drug-likeness (QED) is 0.635. The molecule has 0 aromatic heterocycles. The summed E-state index contributed by atoms with van der Waals surface area (Å²) >= 11 is 0. The lowest BCUT2D eigenvalue weighted by atomic mass is 9.85. The van der Waals surface area contributed by atoms with Crippen LogP contribution >= 0.6 is 0 Å². The number of unbranched alkanes of at least 4 members (excludes halogenated alkanes) is 4. The largest absolute Gasteiger partial charge is 0.503 e. The standard InChI is InChI=1S/C13H26.CH2O3/c1-2-3-4-5-7-10-13-11-8-6-9-12-13;2-1(3)4/h13H,2-12H2,1H3;(H2,2,3,4). The highest BCUT2D eigenvalue weighted by Crippen LogP contribution is 2.27. The molecule has 0 spiro atoms. The highest BCUT2D eigenvalue weighted by Gasteiger charge is 2.12. The molecule has 1 rings (SSSR count). The minimum Gasteiger partial charge on any atom is -0.450 e. The van der Waals surface area contributed by atoms with E-state index in [-0.39, 0.29) is 0 Å². The Morgan fingerprint density at radius 2 is 1.53 bits per heavy atom. The van der Waals surface area contributed by atoms with Crippen molar-refractivity contribution in [2.45, 2.75) is 77.6 Å². The summed E-state index contributed by atoms with van der Waals surface area (Å²) in [6.07, 6.45) is 14.6. The monoisotopic (exact) mass is 244 g/mol. The van der Waals surface area contributed by atoms with E-state index in [2.05, 4.69) is 6.92 Å². The average molecular weight is 244 g/mol. The van der Waals surface area contributed by atoms with E-state index in [4.69, 9.17) is 15.0 Å². The van der Waals surface area contributed by atoms with Gasteiger partial charge in [-0.1, -0.05) is 77.6 Å². The summed E-state index contributed by atoms with van der Waals surface area (Å²) in [5, 5.41) is 13.9. The molecule has 2 N–H and O–H groups in total. The minimum atomic E-state index is -1.83. The first-order chi connectivity index (χ1) is 8.16. The van der Waals surface area contributed by atoms with E-state index < -0.39 is 6.16 Å². The molecule has 0 radical (unpaired) electrons. The summed E-state index contributed by atoms with van der Waals surface area (Å²) in [7, 11) is 0.